The highest BCUT2D eigenvalue weighted by atomic mass is 19.4. The van der Waals surface area contributed by atoms with Crippen LogP contribution in [-0.4, -0.2) is 32.0 Å². The van der Waals surface area contributed by atoms with Crippen molar-refractivity contribution in [2.45, 2.75) is 103 Å². The van der Waals surface area contributed by atoms with Crippen molar-refractivity contribution in [1.82, 2.24) is 0 Å². The Balaban J connectivity index is 1.11. The Hall–Kier alpha value is -2.67. The molecule has 1 aliphatic heterocycles. The second-order valence-electron chi connectivity index (χ2n) is 13.4. The molecule has 5 rings (SSSR count). The van der Waals surface area contributed by atoms with Crippen molar-refractivity contribution >= 4 is 0 Å². The number of unbranched alkanes of at least 4 members (excludes halogenated alkanes) is 2. The van der Waals surface area contributed by atoms with E-state index in [4.69, 9.17) is 14.2 Å². The Morgan fingerprint density at radius 1 is 0.667 bits per heavy atom. The smallest absolute Gasteiger partial charge is 0.432 e. The summed E-state index contributed by atoms with van der Waals surface area (Å²) >= 11 is 0. The number of halogens is 9. The van der Waals surface area contributed by atoms with Crippen LogP contribution in [0.4, 0.5) is 39.5 Å². The Bertz CT molecular complexity index is 1310. The molecule has 4 nitrogen and oxygen atoms in total. The third-order valence-electron chi connectivity index (χ3n) is 10.1. The number of hydrogen-bond donors (Lipinski definition) is 0. The molecule has 3 aliphatic rings. The molecule has 0 spiro atoms. The van der Waals surface area contributed by atoms with Crippen molar-refractivity contribution in [3.05, 3.63) is 47.5 Å². The van der Waals surface area contributed by atoms with Gasteiger partial charge in [0, 0.05) is 24.0 Å². The molecule has 268 valence electrons. The van der Waals surface area contributed by atoms with Crippen molar-refractivity contribution < 1.29 is 58.5 Å². The van der Waals surface area contributed by atoms with Gasteiger partial charge >= 0.3 is 12.5 Å². The SMILES string of the molecule is CCCCCC1COC(C2CCC(C3CCC(C(F)(F)Oc4cc(F)c(-c5cc(F)c(OC(F)(F)F)c(F)c5)c(F)c4)CC3)CC2)OC1. The highest BCUT2D eigenvalue weighted by Gasteiger charge is 2.46. The third kappa shape index (κ3) is 9.11. The molecule has 1 saturated heterocycles. The monoisotopic (exact) mass is 696 g/mol. The van der Waals surface area contributed by atoms with Gasteiger partial charge in [0.1, 0.15) is 17.4 Å². The predicted molar refractivity (Wildman–Crippen MR) is 158 cm³/mol. The normalized spacial score (nSPS) is 27.1. The summed E-state index contributed by atoms with van der Waals surface area (Å²) in [5, 5.41) is 0. The Kier molecular flexibility index (Phi) is 11.8. The molecule has 0 N–H and O–H groups in total. The summed E-state index contributed by atoms with van der Waals surface area (Å²) in [6, 6.07) is 1.37. The maximum absolute atomic E-state index is 15.2. The molecule has 0 bridgehead atoms. The Labute approximate surface area is 274 Å². The number of alkyl halides is 5. The van der Waals surface area contributed by atoms with Gasteiger partial charge in [0.2, 0.25) is 5.75 Å². The molecule has 2 saturated carbocycles. The summed E-state index contributed by atoms with van der Waals surface area (Å²) in [5.74, 6) is -9.07. The molecule has 2 aromatic rings. The lowest BCUT2D eigenvalue weighted by molar-refractivity contribution is -0.276. The average Bonchev–Trinajstić information content (AvgIpc) is 3.02. The van der Waals surface area contributed by atoms with Crippen LogP contribution in [0, 0.1) is 52.9 Å². The van der Waals surface area contributed by atoms with Gasteiger partial charge in [0.15, 0.2) is 17.9 Å². The molecule has 0 radical (unpaired) electrons. The van der Waals surface area contributed by atoms with E-state index in [0.29, 0.717) is 42.7 Å². The maximum atomic E-state index is 15.2. The third-order valence-corrected chi connectivity index (χ3v) is 10.1. The summed E-state index contributed by atoms with van der Waals surface area (Å²) in [7, 11) is 0. The molecule has 48 heavy (non-hydrogen) atoms. The van der Waals surface area contributed by atoms with Crippen LogP contribution in [0.3, 0.4) is 0 Å². The highest BCUT2D eigenvalue weighted by molar-refractivity contribution is 5.67. The van der Waals surface area contributed by atoms with Gasteiger partial charge in [-0.05, 0) is 87.3 Å². The van der Waals surface area contributed by atoms with E-state index < -0.39 is 64.3 Å². The summed E-state index contributed by atoms with van der Waals surface area (Å²) < 4.78 is 146. The minimum atomic E-state index is -5.42. The van der Waals surface area contributed by atoms with Crippen molar-refractivity contribution in [1.29, 1.82) is 0 Å². The van der Waals surface area contributed by atoms with Gasteiger partial charge in [-0.2, -0.15) is 8.78 Å². The minimum absolute atomic E-state index is 0.166. The number of benzene rings is 2. The fourth-order valence-corrected chi connectivity index (χ4v) is 7.54. The standard InChI is InChI=1S/C35H41F9O4/c1-2-3-4-5-20-18-45-33(46-19-20)23-8-6-21(7-9-23)22-10-12-25(13-11-22)34(40,41)47-26-16-27(36)31(28(37)17-26)24-14-29(38)32(30(39)15-24)48-35(42,43)44/h14-17,20-23,25,33H,2-13,18-19H2,1H3. The topological polar surface area (TPSA) is 36.9 Å². The van der Waals surface area contributed by atoms with E-state index in [1.54, 1.807) is 0 Å². The van der Waals surface area contributed by atoms with E-state index in [1.807, 2.05) is 0 Å². The van der Waals surface area contributed by atoms with Crippen molar-refractivity contribution in [2.75, 3.05) is 13.2 Å². The van der Waals surface area contributed by atoms with Gasteiger partial charge in [-0.25, -0.2) is 17.6 Å². The van der Waals surface area contributed by atoms with Gasteiger partial charge in [0.05, 0.1) is 24.7 Å². The Morgan fingerprint density at radius 2 is 1.19 bits per heavy atom. The van der Waals surface area contributed by atoms with Crippen LogP contribution in [-0.2, 0) is 9.47 Å². The first-order valence-corrected chi connectivity index (χ1v) is 16.8. The van der Waals surface area contributed by atoms with E-state index in [-0.39, 0.29) is 37.2 Å². The van der Waals surface area contributed by atoms with E-state index in [9.17, 15) is 30.7 Å². The van der Waals surface area contributed by atoms with Gasteiger partial charge in [-0.15, -0.1) is 13.2 Å². The molecule has 2 aromatic carbocycles. The Morgan fingerprint density at radius 3 is 1.71 bits per heavy atom. The lowest BCUT2D eigenvalue weighted by Gasteiger charge is -2.41. The highest BCUT2D eigenvalue weighted by Crippen LogP contribution is 2.47. The van der Waals surface area contributed by atoms with Crippen LogP contribution in [0.25, 0.3) is 11.1 Å². The van der Waals surface area contributed by atoms with Crippen LogP contribution in [0.5, 0.6) is 11.5 Å². The first-order valence-electron chi connectivity index (χ1n) is 16.8. The van der Waals surface area contributed by atoms with Gasteiger partial charge < -0.3 is 18.9 Å². The molecule has 0 atom stereocenters. The molecular formula is C35H41F9O4. The van der Waals surface area contributed by atoms with Gasteiger partial charge in [-0.3, -0.25) is 0 Å². The quantitative estimate of drug-likeness (QED) is 0.173. The predicted octanol–water partition coefficient (Wildman–Crippen LogP) is 11.0. The number of hydrogen-bond acceptors (Lipinski definition) is 4. The van der Waals surface area contributed by atoms with Crippen LogP contribution >= 0.6 is 0 Å². The summed E-state index contributed by atoms with van der Waals surface area (Å²) in [5.41, 5.74) is -1.84. The second kappa shape index (κ2) is 15.5. The van der Waals surface area contributed by atoms with E-state index >= 15 is 8.78 Å². The summed E-state index contributed by atoms with van der Waals surface area (Å²) in [6.07, 6.45) is 0.732. The van der Waals surface area contributed by atoms with Gasteiger partial charge in [-0.1, -0.05) is 26.2 Å². The van der Waals surface area contributed by atoms with Crippen molar-refractivity contribution in [3.8, 4) is 22.6 Å². The molecule has 1 heterocycles. The first-order chi connectivity index (χ1) is 22.7. The van der Waals surface area contributed by atoms with Crippen molar-refractivity contribution in [3.63, 3.8) is 0 Å². The zero-order valence-corrected chi connectivity index (χ0v) is 26.7. The average molecular weight is 697 g/mol. The summed E-state index contributed by atoms with van der Waals surface area (Å²) in [6.45, 7) is 3.65. The summed E-state index contributed by atoms with van der Waals surface area (Å²) in [4.78, 5) is 0. The van der Waals surface area contributed by atoms with Crippen LogP contribution < -0.4 is 9.47 Å². The molecule has 2 aliphatic carbocycles. The van der Waals surface area contributed by atoms with E-state index in [1.165, 1.54) is 19.3 Å². The van der Waals surface area contributed by atoms with Crippen LogP contribution in [0.2, 0.25) is 0 Å². The second-order valence-corrected chi connectivity index (χ2v) is 13.4. The molecular weight excluding hydrogens is 655 g/mol. The molecule has 0 aromatic heterocycles. The fraction of sp³-hybridized carbons (Fsp3) is 0.657. The molecule has 0 unspecified atom stereocenters. The number of rotatable bonds is 11. The molecule has 0 amide bonds. The fourth-order valence-electron chi connectivity index (χ4n) is 7.54. The van der Waals surface area contributed by atoms with Crippen LogP contribution in [0.15, 0.2) is 24.3 Å². The maximum Gasteiger partial charge on any atom is 0.573 e. The van der Waals surface area contributed by atoms with Crippen LogP contribution in [0.1, 0.15) is 84.0 Å². The molecule has 13 heteroatoms. The van der Waals surface area contributed by atoms with Crippen molar-refractivity contribution in [2.24, 2.45) is 29.6 Å². The first kappa shape index (κ1) is 36.6. The minimum Gasteiger partial charge on any atom is -0.432 e. The zero-order valence-electron chi connectivity index (χ0n) is 26.7. The van der Waals surface area contributed by atoms with E-state index in [0.717, 1.165) is 45.3 Å². The number of ether oxygens (including phenoxy) is 4. The molecule has 3 fully saturated rings. The largest absolute Gasteiger partial charge is 0.573 e. The lowest BCUT2D eigenvalue weighted by Crippen LogP contribution is -2.40. The lowest BCUT2D eigenvalue weighted by atomic mass is 9.69. The van der Waals surface area contributed by atoms with Gasteiger partial charge in [0.25, 0.3) is 0 Å². The van der Waals surface area contributed by atoms with E-state index in [2.05, 4.69) is 11.7 Å². The zero-order chi connectivity index (χ0) is 34.6.